The van der Waals surface area contributed by atoms with E-state index in [9.17, 15) is 14.7 Å². The molecule has 8 nitrogen and oxygen atoms in total. The van der Waals surface area contributed by atoms with Crippen LogP contribution in [-0.2, 0) is 14.3 Å². The number of piperidine rings is 1. The number of amides is 1. The molecular formula is C30H32N4O4S. The number of hydrogen-bond donors (Lipinski definition) is 1. The van der Waals surface area contributed by atoms with Crippen molar-refractivity contribution in [3.05, 3.63) is 47.4 Å². The highest BCUT2D eigenvalue weighted by Crippen LogP contribution is 2.35. The summed E-state index contributed by atoms with van der Waals surface area (Å²) in [5, 5.41) is 9.98. The maximum absolute atomic E-state index is 12.5. The zero-order chi connectivity index (χ0) is 27.4. The van der Waals surface area contributed by atoms with Crippen LogP contribution in [0.2, 0.25) is 0 Å². The van der Waals surface area contributed by atoms with E-state index in [1.807, 2.05) is 17.0 Å². The number of ketones is 1. The number of allylic oxidation sites excluding steroid dienone is 1. The summed E-state index contributed by atoms with van der Waals surface area (Å²) in [6.07, 6.45) is 2.10. The molecule has 1 amide bonds. The Morgan fingerprint density at radius 2 is 1.90 bits per heavy atom. The fourth-order valence-corrected chi connectivity index (χ4v) is 5.75. The predicted octanol–water partition coefficient (Wildman–Crippen LogP) is 4.42. The average molecular weight is 545 g/mol. The normalized spacial score (nSPS) is 16.1. The van der Waals surface area contributed by atoms with E-state index in [1.165, 1.54) is 0 Å². The third kappa shape index (κ3) is 6.47. The van der Waals surface area contributed by atoms with Crippen molar-refractivity contribution in [3.8, 4) is 29.0 Å². The van der Waals surface area contributed by atoms with Crippen LogP contribution in [-0.4, -0.2) is 71.1 Å². The Bertz CT molecular complexity index is 1460. The van der Waals surface area contributed by atoms with Gasteiger partial charge >= 0.3 is 0 Å². The molecule has 0 aliphatic carbocycles. The molecule has 0 saturated carbocycles. The minimum Gasteiger partial charge on any atom is -0.508 e. The molecule has 5 rings (SSSR count). The standard InChI is InChI=1S/C30H32N4O4S/c1-20(2)26(36)8-9-27(37)33-12-10-21(11-13-33)6-7-24-19-25-28(39-24)30(34-14-16-38-17-15-34)32-29(31-25)22-4-3-5-23(35)18-22/h3-5,18-19,21,35H,1,8-17H2,2H3. The van der Waals surface area contributed by atoms with Crippen molar-refractivity contribution in [2.45, 2.75) is 32.6 Å². The Labute approximate surface area is 232 Å². The van der Waals surface area contributed by atoms with Crippen LogP contribution in [0.1, 0.15) is 37.5 Å². The number of aromatic nitrogens is 2. The Morgan fingerprint density at radius 1 is 1.13 bits per heavy atom. The number of thiophene rings is 1. The molecule has 2 aliphatic heterocycles. The van der Waals surface area contributed by atoms with Crippen molar-refractivity contribution < 1.29 is 19.4 Å². The van der Waals surface area contributed by atoms with Crippen LogP contribution in [0.4, 0.5) is 5.82 Å². The maximum atomic E-state index is 12.5. The van der Waals surface area contributed by atoms with E-state index in [0.29, 0.717) is 37.7 Å². The lowest BCUT2D eigenvalue weighted by Crippen LogP contribution is -2.38. The van der Waals surface area contributed by atoms with Crippen molar-refractivity contribution in [2.75, 3.05) is 44.3 Å². The highest BCUT2D eigenvalue weighted by molar-refractivity contribution is 7.20. The Morgan fingerprint density at radius 3 is 2.62 bits per heavy atom. The average Bonchev–Trinajstić information content (AvgIpc) is 3.38. The molecule has 0 unspecified atom stereocenters. The Hall–Kier alpha value is -3.74. The van der Waals surface area contributed by atoms with Gasteiger partial charge in [-0.05, 0) is 43.5 Å². The molecule has 39 heavy (non-hydrogen) atoms. The zero-order valence-electron chi connectivity index (χ0n) is 22.1. The Balaban J connectivity index is 1.32. The molecule has 2 fully saturated rings. The second-order valence-electron chi connectivity index (χ2n) is 9.97. The summed E-state index contributed by atoms with van der Waals surface area (Å²) in [4.78, 5) is 39.0. The SMILES string of the molecule is C=C(C)C(=O)CCC(=O)N1CCC(C#Cc2cc3nc(-c4cccc(O)c4)nc(N4CCOCC4)c3s2)CC1. The summed E-state index contributed by atoms with van der Waals surface area (Å²) in [6, 6.07) is 9.01. The number of phenols is 1. The third-order valence-electron chi connectivity index (χ3n) is 7.06. The summed E-state index contributed by atoms with van der Waals surface area (Å²) in [7, 11) is 0. The minimum atomic E-state index is -0.0528. The fraction of sp³-hybridized carbons (Fsp3) is 0.400. The minimum absolute atomic E-state index is 0.0253. The number of likely N-dealkylation sites (tertiary alicyclic amines) is 1. The van der Waals surface area contributed by atoms with Crippen LogP contribution in [0.3, 0.4) is 0 Å². The number of anilines is 1. The molecule has 2 aliphatic rings. The van der Waals surface area contributed by atoms with E-state index in [1.54, 1.807) is 36.5 Å². The van der Waals surface area contributed by atoms with Gasteiger partial charge in [0.05, 0.1) is 28.3 Å². The van der Waals surface area contributed by atoms with Crippen LogP contribution >= 0.6 is 11.3 Å². The number of aromatic hydroxyl groups is 1. The topological polar surface area (TPSA) is 95.9 Å². The Kier molecular flexibility index (Phi) is 8.24. The van der Waals surface area contributed by atoms with Crippen LogP contribution in [0.15, 0.2) is 42.5 Å². The molecule has 0 spiro atoms. The lowest BCUT2D eigenvalue weighted by Gasteiger charge is -2.29. The van der Waals surface area contributed by atoms with Gasteiger partial charge in [-0.25, -0.2) is 9.97 Å². The van der Waals surface area contributed by atoms with Gasteiger partial charge in [0.2, 0.25) is 5.91 Å². The van der Waals surface area contributed by atoms with Gasteiger partial charge in [0.15, 0.2) is 17.4 Å². The number of ether oxygens (including phenoxy) is 1. The molecule has 2 saturated heterocycles. The monoisotopic (exact) mass is 544 g/mol. The highest BCUT2D eigenvalue weighted by atomic mass is 32.1. The molecule has 2 aromatic heterocycles. The molecule has 9 heteroatoms. The van der Waals surface area contributed by atoms with E-state index >= 15 is 0 Å². The quantitative estimate of drug-likeness (QED) is 0.363. The molecule has 1 N–H and O–H groups in total. The predicted molar refractivity (Wildman–Crippen MR) is 153 cm³/mol. The molecule has 202 valence electrons. The lowest BCUT2D eigenvalue weighted by molar-refractivity contribution is -0.133. The van der Waals surface area contributed by atoms with Gasteiger partial charge in [0.25, 0.3) is 0 Å². The van der Waals surface area contributed by atoms with Crippen LogP contribution in [0.5, 0.6) is 5.75 Å². The molecular weight excluding hydrogens is 512 g/mol. The van der Waals surface area contributed by atoms with Crippen molar-refractivity contribution >= 4 is 39.1 Å². The van der Waals surface area contributed by atoms with Gasteiger partial charge in [-0.3, -0.25) is 9.59 Å². The number of benzene rings is 1. The molecule has 3 aromatic rings. The second kappa shape index (κ2) is 12.0. The van der Waals surface area contributed by atoms with Crippen LogP contribution < -0.4 is 4.90 Å². The summed E-state index contributed by atoms with van der Waals surface area (Å²) in [5.41, 5.74) is 2.09. The number of fused-ring (bicyclic) bond motifs is 1. The van der Waals surface area contributed by atoms with Crippen molar-refractivity contribution in [3.63, 3.8) is 0 Å². The summed E-state index contributed by atoms with van der Waals surface area (Å²) in [5.74, 6) is 8.58. The number of carbonyl (C=O) groups is 2. The zero-order valence-corrected chi connectivity index (χ0v) is 22.9. The number of rotatable bonds is 6. The van der Waals surface area contributed by atoms with E-state index < -0.39 is 0 Å². The summed E-state index contributed by atoms with van der Waals surface area (Å²) in [6.45, 7) is 9.45. The van der Waals surface area contributed by atoms with E-state index in [0.717, 1.165) is 52.4 Å². The number of phenolic OH excluding ortho intramolecular Hbond substituents is 1. The van der Waals surface area contributed by atoms with Gasteiger partial charge in [0.1, 0.15) is 5.75 Å². The number of nitrogens with zero attached hydrogens (tertiary/aromatic N) is 4. The number of morpholine rings is 1. The van der Waals surface area contributed by atoms with Gasteiger partial charge < -0.3 is 19.6 Å². The number of carbonyl (C=O) groups excluding carboxylic acids is 2. The molecule has 1 aromatic carbocycles. The third-order valence-corrected chi connectivity index (χ3v) is 8.09. The van der Waals surface area contributed by atoms with Crippen molar-refractivity contribution in [1.29, 1.82) is 0 Å². The smallest absolute Gasteiger partial charge is 0.223 e. The number of hydrogen-bond acceptors (Lipinski definition) is 8. The van der Waals surface area contributed by atoms with E-state index in [-0.39, 0.29) is 36.2 Å². The maximum Gasteiger partial charge on any atom is 0.223 e. The fourth-order valence-electron chi connectivity index (χ4n) is 4.78. The van der Waals surface area contributed by atoms with Crippen molar-refractivity contribution in [1.82, 2.24) is 14.9 Å². The molecule has 4 heterocycles. The largest absolute Gasteiger partial charge is 0.508 e. The van der Waals surface area contributed by atoms with Crippen LogP contribution in [0.25, 0.3) is 21.6 Å². The molecule has 0 radical (unpaired) electrons. The van der Waals surface area contributed by atoms with Gasteiger partial charge in [-0.1, -0.05) is 30.6 Å². The van der Waals surface area contributed by atoms with Crippen molar-refractivity contribution in [2.24, 2.45) is 5.92 Å². The number of Topliss-reactive ketones (excluding diaryl/α,β-unsaturated/α-hetero) is 1. The van der Waals surface area contributed by atoms with E-state index in [4.69, 9.17) is 14.7 Å². The first kappa shape index (κ1) is 26.9. The van der Waals surface area contributed by atoms with Gasteiger partial charge in [-0.2, -0.15) is 0 Å². The second-order valence-corrected chi connectivity index (χ2v) is 11.0. The lowest BCUT2D eigenvalue weighted by atomic mass is 9.97. The molecule has 0 bridgehead atoms. The summed E-state index contributed by atoms with van der Waals surface area (Å²) >= 11 is 1.60. The molecule has 0 atom stereocenters. The first-order chi connectivity index (χ1) is 18.9. The highest BCUT2D eigenvalue weighted by Gasteiger charge is 2.23. The summed E-state index contributed by atoms with van der Waals surface area (Å²) < 4.78 is 6.55. The van der Waals surface area contributed by atoms with Gasteiger partial charge in [-0.15, -0.1) is 11.3 Å². The first-order valence-electron chi connectivity index (χ1n) is 13.3. The van der Waals surface area contributed by atoms with Gasteiger partial charge in [0, 0.05) is 50.5 Å². The van der Waals surface area contributed by atoms with Crippen LogP contribution in [0, 0.1) is 17.8 Å². The van der Waals surface area contributed by atoms with E-state index in [2.05, 4.69) is 23.3 Å². The first-order valence-corrected chi connectivity index (χ1v) is 14.1.